The largest absolute Gasteiger partial charge is 0.496 e. The molecule has 1 N–H and O–H groups in total. The maximum Gasteiger partial charge on any atom is 0.490 e. The lowest BCUT2D eigenvalue weighted by atomic mass is 10.0. The lowest BCUT2D eigenvalue weighted by Crippen LogP contribution is -2.21. The number of carbonyl (C=O) groups is 1. The van der Waals surface area contributed by atoms with Crippen molar-refractivity contribution in [2.45, 2.75) is 38.9 Å². The first-order chi connectivity index (χ1) is 14.6. The van der Waals surface area contributed by atoms with E-state index in [1.807, 2.05) is 24.5 Å². The van der Waals surface area contributed by atoms with Gasteiger partial charge in [0.25, 0.3) is 0 Å². The second-order valence-electron chi connectivity index (χ2n) is 7.06. The van der Waals surface area contributed by atoms with Crippen molar-refractivity contribution in [1.29, 1.82) is 0 Å². The lowest BCUT2D eigenvalue weighted by molar-refractivity contribution is -0.192. The standard InChI is InChI=1S/C21H24N2O.C2HF3O2/c1-16(2)21-20(18-10-5-4-6-11-18)22-15-23(21)14-13-17-9-7-8-12-19(17)24-3;3-2(4,5)1(6)7/h4-12,15-16H,13-14H2,1-3H3;(H,6,7). The van der Waals surface area contributed by atoms with Gasteiger partial charge in [-0.2, -0.15) is 13.2 Å². The molecule has 166 valence electrons. The molecular formula is C23H25F3N2O3. The minimum Gasteiger partial charge on any atom is -0.496 e. The highest BCUT2D eigenvalue weighted by Crippen LogP contribution is 2.28. The summed E-state index contributed by atoms with van der Waals surface area (Å²) >= 11 is 0. The molecular weight excluding hydrogens is 409 g/mol. The summed E-state index contributed by atoms with van der Waals surface area (Å²) in [5.41, 5.74) is 4.78. The molecule has 3 aromatic rings. The Morgan fingerprint density at radius 2 is 1.68 bits per heavy atom. The monoisotopic (exact) mass is 434 g/mol. The zero-order chi connectivity index (χ0) is 23.0. The van der Waals surface area contributed by atoms with E-state index in [-0.39, 0.29) is 0 Å². The van der Waals surface area contributed by atoms with Gasteiger partial charge in [-0.25, -0.2) is 9.78 Å². The van der Waals surface area contributed by atoms with Gasteiger partial charge in [-0.05, 0) is 24.0 Å². The summed E-state index contributed by atoms with van der Waals surface area (Å²) < 4.78 is 39.5. The first-order valence-electron chi connectivity index (χ1n) is 9.67. The van der Waals surface area contributed by atoms with Gasteiger partial charge in [-0.1, -0.05) is 62.4 Å². The van der Waals surface area contributed by atoms with Crippen LogP contribution in [0, 0.1) is 0 Å². The van der Waals surface area contributed by atoms with Crippen molar-refractivity contribution in [3.8, 4) is 17.0 Å². The van der Waals surface area contributed by atoms with Crippen LogP contribution in [0.1, 0.15) is 31.0 Å². The number of rotatable bonds is 6. The Kier molecular flexibility index (Phi) is 8.24. The number of nitrogens with zero attached hydrogens (tertiary/aromatic N) is 2. The van der Waals surface area contributed by atoms with Crippen LogP contribution in [0.5, 0.6) is 5.75 Å². The summed E-state index contributed by atoms with van der Waals surface area (Å²) in [6, 6.07) is 18.6. The van der Waals surface area contributed by atoms with Gasteiger partial charge >= 0.3 is 12.1 Å². The number of carboxylic acids is 1. The number of aliphatic carboxylic acids is 1. The maximum atomic E-state index is 10.6. The Hall–Kier alpha value is -3.29. The number of methoxy groups -OCH3 is 1. The van der Waals surface area contributed by atoms with Gasteiger partial charge in [0, 0.05) is 17.8 Å². The number of ether oxygens (including phenoxy) is 1. The topological polar surface area (TPSA) is 64.4 Å². The number of alkyl halides is 3. The number of hydrogen-bond acceptors (Lipinski definition) is 3. The number of para-hydroxylation sites is 1. The molecule has 0 saturated carbocycles. The number of hydrogen-bond donors (Lipinski definition) is 1. The van der Waals surface area contributed by atoms with E-state index in [2.05, 4.69) is 54.8 Å². The van der Waals surface area contributed by atoms with Crippen LogP contribution in [0.3, 0.4) is 0 Å². The Labute approximate surface area is 179 Å². The summed E-state index contributed by atoms with van der Waals surface area (Å²) in [7, 11) is 1.73. The summed E-state index contributed by atoms with van der Waals surface area (Å²) in [5.74, 6) is -1.39. The molecule has 0 bridgehead atoms. The van der Waals surface area contributed by atoms with Crippen molar-refractivity contribution in [2.75, 3.05) is 7.11 Å². The van der Waals surface area contributed by atoms with Crippen molar-refractivity contribution in [3.05, 3.63) is 72.2 Å². The first-order valence-corrected chi connectivity index (χ1v) is 9.67. The average molecular weight is 434 g/mol. The zero-order valence-electron chi connectivity index (χ0n) is 17.6. The second-order valence-corrected chi connectivity index (χ2v) is 7.06. The molecule has 1 heterocycles. The Balaban J connectivity index is 0.000000423. The van der Waals surface area contributed by atoms with E-state index in [4.69, 9.17) is 19.6 Å². The van der Waals surface area contributed by atoms with Gasteiger partial charge in [-0.3, -0.25) is 0 Å². The third kappa shape index (κ3) is 6.60. The van der Waals surface area contributed by atoms with Crippen molar-refractivity contribution in [3.63, 3.8) is 0 Å². The minimum atomic E-state index is -5.08. The van der Waals surface area contributed by atoms with Gasteiger partial charge in [0.2, 0.25) is 0 Å². The molecule has 3 rings (SSSR count). The van der Waals surface area contributed by atoms with Crippen molar-refractivity contribution < 1.29 is 27.8 Å². The van der Waals surface area contributed by atoms with Crippen molar-refractivity contribution in [2.24, 2.45) is 0 Å². The van der Waals surface area contributed by atoms with E-state index >= 15 is 0 Å². The fourth-order valence-electron chi connectivity index (χ4n) is 3.14. The van der Waals surface area contributed by atoms with Crippen LogP contribution in [0.15, 0.2) is 60.9 Å². The van der Waals surface area contributed by atoms with Gasteiger partial charge in [0.05, 0.1) is 19.1 Å². The van der Waals surface area contributed by atoms with Crippen LogP contribution in [0.4, 0.5) is 13.2 Å². The molecule has 0 unspecified atom stereocenters. The van der Waals surface area contributed by atoms with Crippen LogP contribution < -0.4 is 4.74 Å². The highest BCUT2D eigenvalue weighted by Gasteiger charge is 2.38. The number of carboxylic acid groups (broad SMARTS) is 1. The molecule has 5 nitrogen and oxygen atoms in total. The molecule has 8 heteroatoms. The Bertz CT molecular complexity index is 983. The van der Waals surface area contributed by atoms with Gasteiger partial charge in [-0.15, -0.1) is 0 Å². The molecule has 0 saturated heterocycles. The predicted molar refractivity (Wildman–Crippen MR) is 112 cm³/mol. The van der Waals surface area contributed by atoms with Crippen LogP contribution >= 0.6 is 0 Å². The number of halogens is 3. The van der Waals surface area contributed by atoms with Crippen molar-refractivity contribution >= 4 is 5.97 Å². The Morgan fingerprint density at radius 1 is 1.10 bits per heavy atom. The first kappa shape index (κ1) is 24.0. The summed E-state index contributed by atoms with van der Waals surface area (Å²) in [5, 5.41) is 7.12. The molecule has 0 aliphatic heterocycles. The van der Waals surface area contributed by atoms with E-state index in [9.17, 15) is 13.2 Å². The predicted octanol–water partition coefficient (Wildman–Crippen LogP) is 5.56. The van der Waals surface area contributed by atoms with Crippen LogP contribution in [-0.2, 0) is 17.8 Å². The maximum absolute atomic E-state index is 10.6. The van der Waals surface area contributed by atoms with Gasteiger partial charge in [0.15, 0.2) is 0 Å². The van der Waals surface area contributed by atoms with Crippen molar-refractivity contribution in [1.82, 2.24) is 9.55 Å². The molecule has 0 aliphatic rings. The van der Waals surface area contributed by atoms with E-state index in [0.717, 1.165) is 24.4 Å². The lowest BCUT2D eigenvalue weighted by Gasteiger charge is -2.14. The molecule has 31 heavy (non-hydrogen) atoms. The van der Waals surface area contributed by atoms with E-state index < -0.39 is 12.1 Å². The quantitative estimate of drug-likeness (QED) is 0.552. The number of benzene rings is 2. The zero-order valence-corrected chi connectivity index (χ0v) is 17.6. The molecule has 0 fully saturated rings. The second kappa shape index (κ2) is 10.7. The normalized spacial score (nSPS) is 11.1. The summed E-state index contributed by atoms with van der Waals surface area (Å²) in [6.45, 7) is 5.35. The molecule has 0 amide bonds. The molecule has 0 aliphatic carbocycles. The molecule has 0 spiro atoms. The fraction of sp³-hybridized carbons (Fsp3) is 0.304. The summed E-state index contributed by atoms with van der Waals surface area (Å²) in [6.07, 6.45) is -2.19. The highest BCUT2D eigenvalue weighted by molar-refractivity contribution is 5.73. The van der Waals surface area contributed by atoms with Gasteiger partial charge in [0.1, 0.15) is 5.75 Å². The molecule has 0 atom stereocenters. The van der Waals surface area contributed by atoms with E-state index in [1.165, 1.54) is 16.8 Å². The number of aryl methyl sites for hydroxylation is 2. The fourth-order valence-corrected chi connectivity index (χ4v) is 3.14. The smallest absolute Gasteiger partial charge is 0.490 e. The van der Waals surface area contributed by atoms with Crippen LogP contribution in [-0.4, -0.2) is 33.9 Å². The van der Waals surface area contributed by atoms with E-state index in [0.29, 0.717) is 5.92 Å². The molecule has 0 radical (unpaired) electrons. The Morgan fingerprint density at radius 3 is 2.23 bits per heavy atom. The van der Waals surface area contributed by atoms with Crippen LogP contribution in [0.25, 0.3) is 11.3 Å². The average Bonchev–Trinajstić information content (AvgIpc) is 3.17. The molecule has 2 aromatic carbocycles. The van der Waals surface area contributed by atoms with Crippen LogP contribution in [0.2, 0.25) is 0 Å². The minimum absolute atomic E-state index is 0.417. The summed E-state index contributed by atoms with van der Waals surface area (Å²) in [4.78, 5) is 13.6. The SMILES string of the molecule is COc1ccccc1CCn1cnc(-c2ccccc2)c1C(C)C.O=C(O)C(F)(F)F. The van der Waals surface area contributed by atoms with E-state index in [1.54, 1.807) is 7.11 Å². The third-order valence-electron chi connectivity index (χ3n) is 4.53. The number of imidazole rings is 1. The highest BCUT2D eigenvalue weighted by atomic mass is 19.4. The molecule has 1 aromatic heterocycles. The van der Waals surface area contributed by atoms with Gasteiger partial charge < -0.3 is 14.4 Å². The number of aromatic nitrogens is 2. The third-order valence-corrected chi connectivity index (χ3v) is 4.53.